The Balaban J connectivity index is 5.23. The standard InChI is InChI=1S/C84H164O17P2/c1-7-9-11-13-15-17-19-21-23-25-27-28-29-31-33-35-37-43-50-56-62-68-83(88)100-79(72-94-81(86)66-60-54-48-42-36-34-32-30-26-24-22-20-18-16-14-12-10-8-2)74-98-102(90,91)96-70-78(85)71-97-103(92,93)99-75-80(101-84(89)69-63-57-51-45-39-41-47-53-59-65-77(5)6)73-95-82(87)67-61-55-49-44-38-40-46-52-58-64-76(3)4/h76-80,85H,7-75H2,1-6H3,(H,90,91)(H,92,93)/t78-,79-,80-/m1/s1. The fraction of sp³-hybridized carbons (Fsp3) is 0.952. The highest BCUT2D eigenvalue weighted by Gasteiger charge is 2.30. The van der Waals surface area contributed by atoms with E-state index in [4.69, 9.17) is 37.0 Å². The Morgan fingerprint density at radius 2 is 0.447 bits per heavy atom. The number of carbonyl (C=O) groups excluding carboxylic acids is 4. The van der Waals surface area contributed by atoms with Crippen LogP contribution in [0.2, 0.25) is 0 Å². The van der Waals surface area contributed by atoms with E-state index in [0.717, 1.165) is 102 Å². The van der Waals surface area contributed by atoms with Crippen molar-refractivity contribution in [1.82, 2.24) is 0 Å². The maximum absolute atomic E-state index is 13.1. The zero-order valence-electron chi connectivity index (χ0n) is 67.6. The molecular weight excluding hydrogens is 1340 g/mol. The monoisotopic (exact) mass is 1510 g/mol. The van der Waals surface area contributed by atoms with Crippen LogP contribution in [0.5, 0.6) is 0 Å². The molecule has 0 radical (unpaired) electrons. The third kappa shape index (κ3) is 78.0. The van der Waals surface area contributed by atoms with Gasteiger partial charge in [0, 0.05) is 25.7 Å². The lowest BCUT2D eigenvalue weighted by atomic mass is 10.0. The van der Waals surface area contributed by atoms with Crippen molar-refractivity contribution in [2.75, 3.05) is 39.6 Å². The molecule has 0 amide bonds. The van der Waals surface area contributed by atoms with Gasteiger partial charge in [-0.3, -0.25) is 37.3 Å². The fourth-order valence-corrected chi connectivity index (χ4v) is 14.6. The second-order valence-electron chi connectivity index (χ2n) is 31.2. The highest BCUT2D eigenvalue weighted by molar-refractivity contribution is 7.47. The number of aliphatic hydroxyl groups is 1. The predicted molar refractivity (Wildman–Crippen MR) is 423 cm³/mol. The average Bonchev–Trinajstić information content (AvgIpc) is 0.928. The van der Waals surface area contributed by atoms with E-state index in [0.29, 0.717) is 25.7 Å². The Hall–Kier alpha value is -1.94. The molecule has 0 heterocycles. The van der Waals surface area contributed by atoms with Gasteiger partial charge < -0.3 is 33.8 Å². The molecule has 612 valence electrons. The molecule has 3 N–H and O–H groups in total. The summed E-state index contributed by atoms with van der Waals surface area (Å²) in [6.07, 6.45) is 66.8. The molecule has 0 aliphatic heterocycles. The van der Waals surface area contributed by atoms with Crippen molar-refractivity contribution in [3.05, 3.63) is 0 Å². The third-order valence-electron chi connectivity index (χ3n) is 19.7. The maximum Gasteiger partial charge on any atom is 0.472 e. The molecule has 5 atom stereocenters. The van der Waals surface area contributed by atoms with Gasteiger partial charge in [0.15, 0.2) is 12.2 Å². The second kappa shape index (κ2) is 75.5. The van der Waals surface area contributed by atoms with Gasteiger partial charge in [0.05, 0.1) is 26.4 Å². The van der Waals surface area contributed by atoms with Gasteiger partial charge in [0.2, 0.25) is 0 Å². The molecule has 0 aromatic rings. The second-order valence-corrected chi connectivity index (χ2v) is 34.1. The summed E-state index contributed by atoms with van der Waals surface area (Å²) >= 11 is 0. The minimum Gasteiger partial charge on any atom is -0.462 e. The number of phosphoric acid groups is 2. The van der Waals surface area contributed by atoms with Crippen LogP contribution in [0, 0.1) is 11.8 Å². The highest BCUT2D eigenvalue weighted by atomic mass is 31.2. The molecule has 2 unspecified atom stereocenters. The van der Waals surface area contributed by atoms with Crippen LogP contribution in [0.15, 0.2) is 0 Å². The average molecular weight is 1510 g/mol. The molecule has 0 rings (SSSR count). The summed E-state index contributed by atoms with van der Waals surface area (Å²) in [6, 6.07) is 0. The van der Waals surface area contributed by atoms with Crippen LogP contribution in [0.25, 0.3) is 0 Å². The smallest absolute Gasteiger partial charge is 0.462 e. The van der Waals surface area contributed by atoms with E-state index in [-0.39, 0.29) is 25.7 Å². The van der Waals surface area contributed by atoms with Crippen LogP contribution in [0.4, 0.5) is 0 Å². The Kier molecular flexibility index (Phi) is 74.1. The van der Waals surface area contributed by atoms with Crippen LogP contribution < -0.4 is 0 Å². The normalized spacial score (nSPS) is 13.9. The maximum atomic E-state index is 13.1. The summed E-state index contributed by atoms with van der Waals surface area (Å²) in [5.41, 5.74) is 0. The van der Waals surface area contributed by atoms with E-state index in [9.17, 15) is 43.2 Å². The van der Waals surface area contributed by atoms with E-state index in [1.54, 1.807) is 0 Å². The fourth-order valence-electron chi connectivity index (χ4n) is 13.1. The summed E-state index contributed by atoms with van der Waals surface area (Å²) < 4.78 is 68.8. The molecule has 0 aromatic heterocycles. The molecule has 103 heavy (non-hydrogen) atoms. The van der Waals surface area contributed by atoms with Gasteiger partial charge in [-0.2, -0.15) is 0 Å². The van der Waals surface area contributed by atoms with Crippen LogP contribution in [-0.2, 0) is 65.4 Å². The zero-order chi connectivity index (χ0) is 75.6. The number of hydrogen-bond acceptors (Lipinski definition) is 15. The quantitative estimate of drug-likeness (QED) is 0.0222. The number of esters is 4. The number of aliphatic hydroxyl groups excluding tert-OH is 1. The number of carbonyl (C=O) groups is 4. The molecule has 0 fully saturated rings. The van der Waals surface area contributed by atoms with Crippen LogP contribution in [0.1, 0.15) is 446 Å². The van der Waals surface area contributed by atoms with Crippen molar-refractivity contribution in [3.8, 4) is 0 Å². The van der Waals surface area contributed by atoms with Crippen molar-refractivity contribution in [1.29, 1.82) is 0 Å². The zero-order valence-corrected chi connectivity index (χ0v) is 69.4. The number of rotatable bonds is 83. The summed E-state index contributed by atoms with van der Waals surface area (Å²) in [7, 11) is -9.92. The van der Waals surface area contributed by atoms with Crippen molar-refractivity contribution < 1.29 is 80.2 Å². The Labute approximate surface area is 632 Å². The lowest BCUT2D eigenvalue weighted by Crippen LogP contribution is -2.30. The first-order chi connectivity index (χ1) is 49.9. The summed E-state index contributed by atoms with van der Waals surface area (Å²) in [4.78, 5) is 73.1. The summed E-state index contributed by atoms with van der Waals surface area (Å²) in [5, 5.41) is 10.7. The molecular formula is C84H164O17P2. The van der Waals surface area contributed by atoms with Crippen molar-refractivity contribution in [2.24, 2.45) is 11.8 Å². The van der Waals surface area contributed by atoms with Crippen LogP contribution >= 0.6 is 15.6 Å². The molecule has 0 aromatic carbocycles. The number of unbranched alkanes of at least 4 members (excludes halogenated alkanes) is 53. The largest absolute Gasteiger partial charge is 0.472 e. The van der Waals surface area contributed by atoms with Gasteiger partial charge in [-0.1, -0.05) is 395 Å². The van der Waals surface area contributed by atoms with Crippen molar-refractivity contribution >= 4 is 39.5 Å². The molecule has 0 aliphatic carbocycles. The van der Waals surface area contributed by atoms with Crippen molar-refractivity contribution in [2.45, 2.75) is 464 Å². The predicted octanol–water partition coefficient (Wildman–Crippen LogP) is 25.5. The van der Waals surface area contributed by atoms with Gasteiger partial charge in [-0.25, -0.2) is 9.13 Å². The number of hydrogen-bond donors (Lipinski definition) is 3. The Bertz CT molecular complexity index is 1980. The number of ether oxygens (including phenoxy) is 4. The van der Waals surface area contributed by atoms with E-state index < -0.39 is 97.5 Å². The van der Waals surface area contributed by atoms with Crippen LogP contribution in [-0.4, -0.2) is 96.7 Å². The van der Waals surface area contributed by atoms with E-state index in [1.807, 2.05) is 0 Å². The summed E-state index contributed by atoms with van der Waals surface area (Å²) in [5.74, 6) is -0.627. The third-order valence-corrected chi connectivity index (χ3v) is 21.6. The summed E-state index contributed by atoms with van der Waals surface area (Å²) in [6.45, 7) is 9.61. The minimum atomic E-state index is -4.96. The first-order valence-electron chi connectivity index (χ1n) is 43.5. The molecule has 0 saturated heterocycles. The van der Waals surface area contributed by atoms with Gasteiger partial charge in [0.25, 0.3) is 0 Å². The Morgan fingerprint density at radius 3 is 0.660 bits per heavy atom. The first kappa shape index (κ1) is 101. The molecule has 0 bridgehead atoms. The van der Waals surface area contributed by atoms with Crippen molar-refractivity contribution in [3.63, 3.8) is 0 Å². The van der Waals surface area contributed by atoms with Gasteiger partial charge >= 0.3 is 39.5 Å². The van der Waals surface area contributed by atoms with E-state index in [2.05, 4.69) is 41.5 Å². The Morgan fingerprint density at radius 1 is 0.262 bits per heavy atom. The van der Waals surface area contributed by atoms with E-state index >= 15 is 0 Å². The van der Waals surface area contributed by atoms with Crippen LogP contribution in [0.3, 0.4) is 0 Å². The van der Waals surface area contributed by atoms with Gasteiger partial charge in [0.1, 0.15) is 19.3 Å². The minimum absolute atomic E-state index is 0.105. The molecule has 17 nitrogen and oxygen atoms in total. The molecule has 0 saturated carbocycles. The number of phosphoric ester groups is 2. The molecule has 0 spiro atoms. The van der Waals surface area contributed by atoms with E-state index in [1.165, 1.54) is 263 Å². The molecule has 19 heteroatoms. The first-order valence-corrected chi connectivity index (χ1v) is 46.5. The SMILES string of the molecule is CCCCCCCCCCCCCCCCCCCCCCCC(=O)O[C@H](COC(=O)CCCCCCCCCCCCCCCCCCCC)COP(=O)(O)OC[C@@H](O)COP(=O)(O)OC[C@@H](COC(=O)CCCCCCCCCCCC(C)C)OC(=O)CCCCCCCCCCCC(C)C. The highest BCUT2D eigenvalue weighted by Crippen LogP contribution is 2.45. The topological polar surface area (TPSA) is 237 Å². The lowest BCUT2D eigenvalue weighted by molar-refractivity contribution is -0.161. The lowest BCUT2D eigenvalue weighted by Gasteiger charge is -2.21. The van der Waals surface area contributed by atoms with Gasteiger partial charge in [-0.15, -0.1) is 0 Å². The van der Waals surface area contributed by atoms with Gasteiger partial charge in [-0.05, 0) is 37.5 Å². The molecule has 0 aliphatic rings.